The van der Waals surface area contributed by atoms with Crippen molar-refractivity contribution in [2.75, 3.05) is 0 Å². The van der Waals surface area contributed by atoms with Gasteiger partial charge in [-0.25, -0.2) is 0 Å². The van der Waals surface area contributed by atoms with Crippen molar-refractivity contribution in [2.24, 2.45) is 0 Å². The minimum absolute atomic E-state index is 0.258. The van der Waals surface area contributed by atoms with Gasteiger partial charge >= 0.3 is 0 Å². The van der Waals surface area contributed by atoms with Crippen LogP contribution in [-0.2, 0) is 4.79 Å². The number of Topliss-reactive ketones (excluding diaryl/α,β-unsaturated/α-hetero) is 1. The van der Waals surface area contributed by atoms with Crippen LogP contribution in [0.25, 0.3) is 6.08 Å². The molecule has 1 saturated carbocycles. The zero-order valence-electron chi connectivity index (χ0n) is 10.8. The van der Waals surface area contributed by atoms with Crippen molar-refractivity contribution in [3.8, 4) is 0 Å². The molecule has 0 aromatic heterocycles. The molecular weight excluding hydrogens is 232 g/mol. The minimum atomic E-state index is 0.258. The zero-order valence-corrected chi connectivity index (χ0v) is 10.8. The lowest BCUT2D eigenvalue weighted by atomic mass is 9.92. The Morgan fingerprint density at radius 3 is 2.21 bits per heavy atom. The quantitative estimate of drug-likeness (QED) is 0.727. The SMILES string of the molecule is O=C1CC[C@H](c2ccccc2)/C1=C\c1ccccc1. The smallest absolute Gasteiger partial charge is 0.159 e. The summed E-state index contributed by atoms with van der Waals surface area (Å²) in [5.74, 6) is 0.548. The Hall–Kier alpha value is -2.15. The number of rotatable bonds is 2. The van der Waals surface area contributed by atoms with E-state index in [4.69, 9.17) is 0 Å². The number of benzene rings is 2. The van der Waals surface area contributed by atoms with Crippen LogP contribution in [0.4, 0.5) is 0 Å². The van der Waals surface area contributed by atoms with E-state index < -0.39 is 0 Å². The summed E-state index contributed by atoms with van der Waals surface area (Å²) in [5.41, 5.74) is 3.31. The van der Waals surface area contributed by atoms with Crippen LogP contribution in [0.1, 0.15) is 29.9 Å². The molecule has 1 aliphatic carbocycles. The lowest BCUT2D eigenvalue weighted by molar-refractivity contribution is -0.114. The Kier molecular flexibility index (Phi) is 3.28. The Morgan fingerprint density at radius 2 is 1.53 bits per heavy atom. The van der Waals surface area contributed by atoms with Gasteiger partial charge in [-0.05, 0) is 23.6 Å². The van der Waals surface area contributed by atoms with Crippen LogP contribution < -0.4 is 0 Å². The topological polar surface area (TPSA) is 17.1 Å². The van der Waals surface area contributed by atoms with E-state index in [0.29, 0.717) is 6.42 Å². The molecular formula is C18H16O. The molecule has 1 aliphatic rings. The first kappa shape index (κ1) is 11.9. The molecule has 0 unspecified atom stereocenters. The van der Waals surface area contributed by atoms with E-state index in [2.05, 4.69) is 12.1 Å². The molecule has 0 heterocycles. The van der Waals surface area contributed by atoms with Crippen LogP contribution in [0.5, 0.6) is 0 Å². The molecule has 0 bridgehead atoms. The Labute approximate surface area is 113 Å². The van der Waals surface area contributed by atoms with Gasteiger partial charge < -0.3 is 0 Å². The molecule has 0 radical (unpaired) electrons. The van der Waals surface area contributed by atoms with E-state index in [0.717, 1.165) is 17.6 Å². The Morgan fingerprint density at radius 1 is 0.895 bits per heavy atom. The van der Waals surface area contributed by atoms with Gasteiger partial charge in [-0.1, -0.05) is 60.7 Å². The Balaban J connectivity index is 1.98. The summed E-state index contributed by atoms with van der Waals surface area (Å²) in [6, 6.07) is 20.4. The first-order valence-electron chi connectivity index (χ1n) is 6.69. The van der Waals surface area contributed by atoms with E-state index in [1.807, 2.05) is 54.6 Å². The minimum Gasteiger partial charge on any atom is -0.295 e. The molecule has 0 saturated heterocycles. The lowest BCUT2D eigenvalue weighted by Gasteiger charge is -2.11. The number of carbonyl (C=O) groups excluding carboxylic acids is 1. The highest BCUT2D eigenvalue weighted by molar-refractivity contribution is 6.03. The van der Waals surface area contributed by atoms with Crippen molar-refractivity contribution in [3.05, 3.63) is 77.4 Å². The predicted molar refractivity (Wildman–Crippen MR) is 77.8 cm³/mol. The van der Waals surface area contributed by atoms with Crippen molar-refractivity contribution in [1.29, 1.82) is 0 Å². The summed E-state index contributed by atoms with van der Waals surface area (Å²) in [5, 5.41) is 0. The number of allylic oxidation sites excluding steroid dienone is 1. The number of hydrogen-bond acceptors (Lipinski definition) is 1. The highest BCUT2D eigenvalue weighted by Gasteiger charge is 2.29. The number of carbonyl (C=O) groups is 1. The van der Waals surface area contributed by atoms with E-state index in [9.17, 15) is 4.79 Å². The van der Waals surface area contributed by atoms with Gasteiger partial charge in [-0.15, -0.1) is 0 Å². The largest absolute Gasteiger partial charge is 0.295 e. The summed E-state index contributed by atoms with van der Waals surface area (Å²) < 4.78 is 0. The number of hydrogen-bond donors (Lipinski definition) is 0. The van der Waals surface area contributed by atoms with Gasteiger partial charge in [0.05, 0.1) is 0 Å². The lowest BCUT2D eigenvalue weighted by Crippen LogP contribution is -2.00. The Bertz CT molecular complexity index is 596. The fourth-order valence-electron chi connectivity index (χ4n) is 2.71. The van der Waals surface area contributed by atoms with Gasteiger partial charge in [0.15, 0.2) is 5.78 Å². The summed E-state index contributed by atoms with van der Waals surface area (Å²) in [6.07, 6.45) is 3.65. The molecule has 0 aliphatic heterocycles. The fourth-order valence-corrected chi connectivity index (χ4v) is 2.71. The van der Waals surface area contributed by atoms with E-state index >= 15 is 0 Å². The molecule has 2 aromatic carbocycles. The third kappa shape index (κ3) is 2.50. The van der Waals surface area contributed by atoms with E-state index in [-0.39, 0.29) is 11.7 Å². The van der Waals surface area contributed by atoms with Crippen molar-refractivity contribution in [3.63, 3.8) is 0 Å². The standard InChI is InChI=1S/C18H16O/c19-18-12-11-16(15-9-5-2-6-10-15)17(18)13-14-7-3-1-4-8-14/h1-10,13,16H,11-12H2/b17-13+/t16-/m1/s1. The molecule has 1 nitrogen and oxygen atoms in total. The maximum atomic E-state index is 12.1. The molecule has 0 N–H and O–H groups in total. The van der Waals surface area contributed by atoms with Crippen molar-refractivity contribution >= 4 is 11.9 Å². The molecule has 3 rings (SSSR count). The molecule has 2 aromatic rings. The van der Waals surface area contributed by atoms with Crippen LogP contribution in [0.15, 0.2) is 66.2 Å². The predicted octanol–water partition coefficient (Wildman–Crippen LogP) is 4.22. The normalized spacial score (nSPS) is 20.9. The van der Waals surface area contributed by atoms with Crippen molar-refractivity contribution in [2.45, 2.75) is 18.8 Å². The van der Waals surface area contributed by atoms with Gasteiger partial charge in [0.1, 0.15) is 0 Å². The first-order chi connectivity index (χ1) is 9.34. The van der Waals surface area contributed by atoms with Gasteiger partial charge in [0.25, 0.3) is 0 Å². The second-order valence-electron chi connectivity index (χ2n) is 4.94. The monoisotopic (exact) mass is 248 g/mol. The maximum absolute atomic E-state index is 12.1. The van der Waals surface area contributed by atoms with Crippen LogP contribution in [-0.4, -0.2) is 5.78 Å². The third-order valence-electron chi connectivity index (χ3n) is 3.68. The third-order valence-corrected chi connectivity index (χ3v) is 3.68. The average Bonchev–Trinajstić information content (AvgIpc) is 2.82. The van der Waals surface area contributed by atoms with Gasteiger partial charge in [0.2, 0.25) is 0 Å². The summed E-state index contributed by atoms with van der Waals surface area (Å²) in [4.78, 5) is 12.1. The summed E-state index contributed by atoms with van der Waals surface area (Å²) in [7, 11) is 0. The second kappa shape index (κ2) is 5.23. The first-order valence-corrected chi connectivity index (χ1v) is 6.69. The van der Waals surface area contributed by atoms with Crippen LogP contribution in [0.2, 0.25) is 0 Å². The highest BCUT2D eigenvalue weighted by atomic mass is 16.1. The maximum Gasteiger partial charge on any atom is 0.159 e. The van der Waals surface area contributed by atoms with E-state index in [1.165, 1.54) is 5.56 Å². The van der Waals surface area contributed by atoms with Gasteiger partial charge in [-0.2, -0.15) is 0 Å². The van der Waals surface area contributed by atoms with Crippen LogP contribution in [0.3, 0.4) is 0 Å². The average molecular weight is 248 g/mol. The zero-order chi connectivity index (χ0) is 13.1. The van der Waals surface area contributed by atoms with Crippen LogP contribution >= 0.6 is 0 Å². The highest BCUT2D eigenvalue weighted by Crippen LogP contribution is 2.37. The molecule has 1 heteroatoms. The summed E-state index contributed by atoms with van der Waals surface area (Å²) in [6.45, 7) is 0. The molecule has 0 amide bonds. The van der Waals surface area contributed by atoms with E-state index in [1.54, 1.807) is 0 Å². The van der Waals surface area contributed by atoms with Gasteiger partial charge in [0, 0.05) is 17.9 Å². The molecule has 19 heavy (non-hydrogen) atoms. The van der Waals surface area contributed by atoms with Crippen molar-refractivity contribution < 1.29 is 4.79 Å². The number of ketones is 1. The van der Waals surface area contributed by atoms with Crippen LogP contribution in [0, 0.1) is 0 Å². The molecule has 1 fully saturated rings. The molecule has 1 atom stereocenters. The molecule has 0 spiro atoms. The second-order valence-corrected chi connectivity index (χ2v) is 4.94. The van der Waals surface area contributed by atoms with Gasteiger partial charge in [-0.3, -0.25) is 4.79 Å². The fraction of sp³-hybridized carbons (Fsp3) is 0.167. The summed E-state index contributed by atoms with van der Waals surface area (Å²) >= 11 is 0. The van der Waals surface area contributed by atoms with Crippen molar-refractivity contribution in [1.82, 2.24) is 0 Å². The molecule has 94 valence electrons.